The van der Waals surface area contributed by atoms with Gasteiger partial charge in [-0.15, -0.1) is 0 Å². The van der Waals surface area contributed by atoms with E-state index in [0.717, 1.165) is 10.9 Å². The van der Waals surface area contributed by atoms with Crippen LogP contribution in [0, 0.1) is 18.7 Å². The predicted molar refractivity (Wildman–Crippen MR) is 354 cm³/mol. The SMILES string of the molecule is Cc1ccc(CNCC(=O)N2CCC(NC(=O)[C@H](CC(C)C)N[C@@H](CNC(=O)[C@H](Cc3ccccc3)NC(=O)CCCCCNC(=O)CN3CCN(CC(=O)O)CCN(CC(=O)O)CCN(CC(=O)O)CC3)C(F)(F)F)(C(=O)N[C@@H](Cc3c[nH]c4ccccc34)C(N)=O)CC2)cc1F. The summed E-state index contributed by atoms with van der Waals surface area (Å²) in [7, 11) is 0. The van der Waals surface area contributed by atoms with Gasteiger partial charge in [0.2, 0.25) is 41.4 Å². The molecule has 2 aliphatic heterocycles. The second kappa shape index (κ2) is 38.5. The first-order valence-corrected chi connectivity index (χ1v) is 33.0. The molecule has 13 N–H and O–H groups in total. The number of unbranched alkanes of at least 4 members (excludes halogenated alkanes) is 2. The van der Waals surface area contributed by atoms with Crippen molar-refractivity contribution in [2.24, 2.45) is 11.7 Å². The third-order valence-electron chi connectivity index (χ3n) is 17.4. The number of aryl methyl sites for hydroxylation is 1. The molecule has 2 fully saturated rings. The number of amides is 7. The molecule has 31 heteroatoms. The first kappa shape index (κ1) is 78.4. The average molecular weight is 1380 g/mol. The standard InChI is InChI=1S/C67H94F4N14O13/c1-44(2)32-53(64(97)80-66(65(98)79-52(62(72)95)35-48-37-75-51-15-10-9-14-49(48)51)19-22-85(23-20-66)58(88)39-73-36-47-18-17-45(3)50(68)33-47)77-55(67(69,70)71)38-76-63(96)54(34-46-12-6-4-7-13-46)78-56(86)16-8-5-11-21-74-57(87)40-81-24-26-82(41-59(89)90)28-30-84(43-61(93)94)31-29-83(27-25-81)42-60(91)92/h4,6-7,9-10,12-15,17-18,33,37,44,52-55,73,75,77H,5,8,11,16,19-32,34-36,38-43H2,1-3H3,(H2,72,95)(H,74,87)(H,76,96)(H,78,86)(H,79,98)(H,80,97)(H,89,90)(H,91,92)(H,93,94)/t52-,53-,54-,55-/m0/s1. The third kappa shape index (κ3) is 26.3. The number of alkyl halides is 3. The van der Waals surface area contributed by atoms with Gasteiger partial charge in [0.25, 0.3) is 0 Å². The topological polar surface area (TPSA) is 374 Å². The van der Waals surface area contributed by atoms with Gasteiger partial charge < -0.3 is 62.8 Å². The number of aromatic amines is 1. The molecular weight excluding hydrogens is 1280 g/mol. The number of piperidine rings is 1. The van der Waals surface area contributed by atoms with Crippen LogP contribution in [0.15, 0.2) is 79.0 Å². The van der Waals surface area contributed by atoms with Crippen molar-refractivity contribution in [2.45, 2.75) is 121 Å². The van der Waals surface area contributed by atoms with E-state index in [-0.39, 0.29) is 162 Å². The van der Waals surface area contributed by atoms with E-state index >= 15 is 13.2 Å². The second-order valence-electron chi connectivity index (χ2n) is 25.6. The van der Waals surface area contributed by atoms with Crippen molar-refractivity contribution in [2.75, 3.05) is 111 Å². The summed E-state index contributed by atoms with van der Waals surface area (Å²) < 4.78 is 60.1. The van der Waals surface area contributed by atoms with Gasteiger partial charge in [-0.3, -0.25) is 72.9 Å². The number of carbonyl (C=O) groups excluding carboxylic acids is 7. The zero-order valence-electron chi connectivity index (χ0n) is 55.7. The van der Waals surface area contributed by atoms with E-state index in [9.17, 15) is 67.7 Å². The maximum absolute atomic E-state index is 15.3. The van der Waals surface area contributed by atoms with Crippen LogP contribution in [0.2, 0.25) is 0 Å². The molecule has 538 valence electrons. The van der Waals surface area contributed by atoms with Crippen molar-refractivity contribution in [3.05, 3.63) is 107 Å². The van der Waals surface area contributed by atoms with E-state index in [1.54, 1.807) is 95.1 Å². The van der Waals surface area contributed by atoms with Crippen molar-refractivity contribution < 1.29 is 80.8 Å². The van der Waals surface area contributed by atoms with Gasteiger partial charge in [0.15, 0.2) is 0 Å². The van der Waals surface area contributed by atoms with Gasteiger partial charge in [-0.05, 0) is 79.3 Å². The van der Waals surface area contributed by atoms with E-state index in [2.05, 4.69) is 42.2 Å². The van der Waals surface area contributed by atoms with E-state index in [1.807, 2.05) is 18.2 Å². The summed E-state index contributed by atoms with van der Waals surface area (Å²) in [5, 5.41) is 48.0. The zero-order valence-corrected chi connectivity index (χ0v) is 55.7. The number of nitrogens with one attached hydrogen (secondary N) is 8. The van der Waals surface area contributed by atoms with Gasteiger partial charge >= 0.3 is 24.1 Å². The Kier molecular flexibility index (Phi) is 30.8. The minimum Gasteiger partial charge on any atom is -0.480 e. The highest BCUT2D eigenvalue weighted by atomic mass is 19.4. The van der Waals surface area contributed by atoms with Crippen molar-refractivity contribution in [1.82, 2.24) is 66.7 Å². The molecule has 27 nitrogen and oxygen atoms in total. The summed E-state index contributed by atoms with van der Waals surface area (Å²) >= 11 is 0. The van der Waals surface area contributed by atoms with Crippen LogP contribution in [0.25, 0.3) is 10.9 Å². The fourth-order valence-electron chi connectivity index (χ4n) is 11.8. The normalized spacial score (nSPS) is 16.7. The van der Waals surface area contributed by atoms with Gasteiger partial charge in [-0.1, -0.05) is 80.9 Å². The van der Waals surface area contributed by atoms with Gasteiger partial charge in [0, 0.05) is 121 Å². The first-order valence-electron chi connectivity index (χ1n) is 33.0. The van der Waals surface area contributed by atoms with Crippen molar-refractivity contribution in [3.63, 3.8) is 0 Å². The lowest BCUT2D eigenvalue weighted by molar-refractivity contribution is -0.160. The summed E-state index contributed by atoms with van der Waals surface area (Å²) in [5.74, 6) is -9.14. The number of para-hydroxylation sites is 1. The molecule has 3 aromatic carbocycles. The minimum atomic E-state index is -5.09. The Hall–Kier alpha value is -8.62. The molecule has 4 aromatic rings. The number of aliphatic carboxylic acids is 3. The number of halogens is 4. The quantitative estimate of drug-likeness (QED) is 0.0228. The van der Waals surface area contributed by atoms with Crippen LogP contribution in [-0.2, 0) is 67.3 Å². The molecule has 0 saturated carbocycles. The number of fused-ring (bicyclic) bond motifs is 1. The Morgan fingerprint density at radius 1 is 0.643 bits per heavy atom. The van der Waals surface area contributed by atoms with Crippen LogP contribution in [0.3, 0.4) is 0 Å². The van der Waals surface area contributed by atoms with Gasteiger partial charge in [0.05, 0.1) is 38.8 Å². The molecule has 2 aliphatic rings. The fraction of sp³-hybridized carbons (Fsp3) is 0.552. The Bertz CT molecular complexity index is 3300. The number of hydrogen-bond acceptors (Lipinski definition) is 16. The van der Waals surface area contributed by atoms with E-state index in [0.29, 0.717) is 41.5 Å². The lowest BCUT2D eigenvalue weighted by Crippen LogP contribution is -2.68. The summed E-state index contributed by atoms with van der Waals surface area (Å²) in [6.07, 6.45) is -3.21. The lowest BCUT2D eigenvalue weighted by atomic mass is 9.85. The molecule has 2 saturated heterocycles. The van der Waals surface area contributed by atoms with Crippen molar-refractivity contribution >= 4 is 70.2 Å². The number of benzene rings is 3. The lowest BCUT2D eigenvalue weighted by Gasteiger charge is -2.42. The van der Waals surface area contributed by atoms with E-state index < -0.39 is 102 Å². The molecule has 3 heterocycles. The summed E-state index contributed by atoms with van der Waals surface area (Å²) in [6, 6.07) is 13.5. The molecule has 0 radical (unpaired) electrons. The van der Waals surface area contributed by atoms with Crippen LogP contribution in [0.4, 0.5) is 17.6 Å². The maximum atomic E-state index is 15.3. The number of carboxylic acids is 3. The van der Waals surface area contributed by atoms with Crippen LogP contribution in [-0.4, -0.2) is 251 Å². The minimum absolute atomic E-state index is 0.0696. The van der Waals surface area contributed by atoms with Gasteiger partial charge in [-0.2, -0.15) is 13.2 Å². The fourth-order valence-corrected chi connectivity index (χ4v) is 11.8. The number of primary amides is 1. The molecule has 4 atom stereocenters. The van der Waals surface area contributed by atoms with Gasteiger partial charge in [0.1, 0.15) is 29.5 Å². The first-order chi connectivity index (χ1) is 46.6. The molecular formula is C67H94F4N14O13. The zero-order chi connectivity index (χ0) is 71.5. The molecule has 0 aliphatic carbocycles. The molecule has 0 spiro atoms. The molecule has 98 heavy (non-hydrogen) atoms. The highest BCUT2D eigenvalue weighted by molar-refractivity contribution is 5.96. The number of rotatable bonds is 35. The van der Waals surface area contributed by atoms with E-state index in [4.69, 9.17) is 5.73 Å². The second-order valence-corrected chi connectivity index (χ2v) is 25.6. The maximum Gasteiger partial charge on any atom is 0.405 e. The molecule has 7 amide bonds. The summed E-state index contributed by atoms with van der Waals surface area (Å²) in [5.41, 5.74) is 7.00. The smallest absolute Gasteiger partial charge is 0.405 e. The summed E-state index contributed by atoms with van der Waals surface area (Å²) in [6.45, 7) is 4.57. The molecule has 0 unspecified atom stereocenters. The number of carbonyl (C=O) groups is 10. The highest BCUT2D eigenvalue weighted by Gasteiger charge is 2.48. The number of H-pyrrole nitrogens is 1. The Balaban J connectivity index is 1.07. The average Bonchev–Trinajstić information content (AvgIpc) is 1.59. The predicted octanol–water partition coefficient (Wildman–Crippen LogP) is 1.33. The number of aromatic nitrogens is 1. The van der Waals surface area contributed by atoms with Crippen molar-refractivity contribution in [1.29, 1.82) is 0 Å². The third-order valence-corrected chi connectivity index (χ3v) is 17.4. The highest BCUT2D eigenvalue weighted by Crippen LogP contribution is 2.27. The number of likely N-dealkylation sites (tertiary alicyclic amines) is 1. The largest absolute Gasteiger partial charge is 0.480 e. The van der Waals surface area contributed by atoms with Crippen LogP contribution in [0.1, 0.15) is 81.0 Å². The molecule has 1 aromatic heterocycles. The Morgan fingerprint density at radius 2 is 1.22 bits per heavy atom. The number of nitrogens with zero attached hydrogens (tertiary/aromatic N) is 5. The summed E-state index contributed by atoms with van der Waals surface area (Å²) in [4.78, 5) is 143. The molecule has 6 rings (SSSR count). The molecule has 0 bridgehead atoms. The Morgan fingerprint density at radius 3 is 1.79 bits per heavy atom. The number of hydrogen-bond donors (Lipinski definition) is 12. The number of nitrogens with two attached hydrogens (primary N) is 1. The monoisotopic (exact) mass is 1380 g/mol. The van der Waals surface area contributed by atoms with E-state index in [1.165, 1.54) is 11.0 Å². The van der Waals surface area contributed by atoms with Crippen LogP contribution >= 0.6 is 0 Å². The van der Waals surface area contributed by atoms with Crippen molar-refractivity contribution in [3.8, 4) is 0 Å². The van der Waals surface area contributed by atoms with Crippen LogP contribution < -0.4 is 43.0 Å². The van der Waals surface area contributed by atoms with Crippen LogP contribution in [0.5, 0.6) is 0 Å². The van der Waals surface area contributed by atoms with Gasteiger partial charge in [-0.25, -0.2) is 4.39 Å². The Labute approximate surface area is 566 Å². The number of carboxylic acid groups (broad SMARTS) is 3.